The second-order valence-electron chi connectivity index (χ2n) is 7.61. The van der Waals surface area contributed by atoms with Gasteiger partial charge in [0.1, 0.15) is 5.75 Å². The van der Waals surface area contributed by atoms with Crippen LogP contribution in [0.25, 0.3) is 33.0 Å². The number of ether oxygens (including phenoxy) is 1. The molecule has 5 aromatic rings. The van der Waals surface area contributed by atoms with Gasteiger partial charge in [-0.2, -0.15) is 0 Å². The summed E-state index contributed by atoms with van der Waals surface area (Å²) in [4.78, 5) is 13.5. The van der Waals surface area contributed by atoms with Crippen LogP contribution >= 0.6 is 23.2 Å². The fourth-order valence-corrected chi connectivity index (χ4v) is 4.23. The van der Waals surface area contributed by atoms with Crippen LogP contribution in [0.3, 0.4) is 0 Å². The zero-order valence-electron chi connectivity index (χ0n) is 17.5. The van der Waals surface area contributed by atoms with Crippen LogP contribution in [0.1, 0.15) is 10.4 Å². The summed E-state index contributed by atoms with van der Waals surface area (Å²) in [5, 5.41) is 3.27. The first-order valence-electron chi connectivity index (χ1n) is 10.4. The minimum Gasteiger partial charge on any atom is -0.423 e. The third-order valence-corrected chi connectivity index (χ3v) is 6.01. The lowest BCUT2D eigenvalue weighted by Gasteiger charge is -2.17. The van der Waals surface area contributed by atoms with Crippen molar-refractivity contribution in [1.82, 2.24) is 0 Å². The van der Waals surface area contributed by atoms with Crippen LogP contribution in [-0.2, 0) is 0 Å². The quantitative estimate of drug-likeness (QED) is 0.194. The fourth-order valence-electron chi connectivity index (χ4n) is 3.98. The maximum Gasteiger partial charge on any atom is 0.344 e. The van der Waals surface area contributed by atoms with Gasteiger partial charge in [0.05, 0.1) is 5.56 Å². The highest BCUT2D eigenvalue weighted by Crippen LogP contribution is 2.39. The lowest BCUT2D eigenvalue weighted by atomic mass is 9.88. The van der Waals surface area contributed by atoms with Crippen LogP contribution in [0.15, 0.2) is 109 Å². The highest BCUT2D eigenvalue weighted by molar-refractivity contribution is 6.31. The zero-order valence-corrected chi connectivity index (χ0v) is 19.0. The van der Waals surface area contributed by atoms with E-state index in [1.54, 1.807) is 12.1 Å². The zero-order chi connectivity index (χ0) is 22.8. The Labute approximate surface area is 202 Å². The molecule has 0 fully saturated rings. The van der Waals surface area contributed by atoms with E-state index in [0.29, 0.717) is 21.4 Å². The molecule has 0 atom stereocenters. The van der Waals surface area contributed by atoms with E-state index in [4.69, 9.17) is 27.9 Å². The molecule has 0 saturated heterocycles. The van der Waals surface area contributed by atoms with Gasteiger partial charge in [-0.25, -0.2) is 4.79 Å². The Balaban J connectivity index is 1.78. The van der Waals surface area contributed by atoms with Gasteiger partial charge >= 0.3 is 5.97 Å². The molecule has 160 valence electrons. The molecule has 0 aliphatic carbocycles. The second kappa shape index (κ2) is 9.11. The van der Waals surface area contributed by atoms with Gasteiger partial charge in [0.25, 0.3) is 0 Å². The Morgan fingerprint density at radius 1 is 0.606 bits per heavy atom. The van der Waals surface area contributed by atoms with Gasteiger partial charge in [0, 0.05) is 15.6 Å². The maximum absolute atomic E-state index is 13.5. The van der Waals surface area contributed by atoms with E-state index in [2.05, 4.69) is 6.07 Å². The predicted octanol–water partition coefficient (Wildman–Crippen LogP) is 8.70. The summed E-state index contributed by atoms with van der Waals surface area (Å²) >= 11 is 12.3. The number of halogens is 2. The van der Waals surface area contributed by atoms with E-state index in [1.807, 2.05) is 91.0 Å². The Kier molecular flexibility index (Phi) is 5.87. The molecule has 0 spiro atoms. The van der Waals surface area contributed by atoms with Gasteiger partial charge in [0.15, 0.2) is 0 Å². The summed E-state index contributed by atoms with van der Waals surface area (Å²) in [7, 11) is 0. The summed E-state index contributed by atoms with van der Waals surface area (Å²) in [6.07, 6.45) is 0. The van der Waals surface area contributed by atoms with Crippen molar-refractivity contribution in [2.24, 2.45) is 0 Å². The Hall–Kier alpha value is -3.59. The predicted molar refractivity (Wildman–Crippen MR) is 136 cm³/mol. The van der Waals surface area contributed by atoms with Crippen molar-refractivity contribution in [3.05, 3.63) is 125 Å². The van der Waals surface area contributed by atoms with Crippen LogP contribution in [0.5, 0.6) is 5.75 Å². The number of fused-ring (bicyclic) bond motifs is 1. The van der Waals surface area contributed by atoms with Crippen molar-refractivity contribution in [2.75, 3.05) is 0 Å². The fraction of sp³-hybridized carbons (Fsp3) is 0. The first-order valence-corrected chi connectivity index (χ1v) is 11.2. The van der Waals surface area contributed by atoms with Gasteiger partial charge < -0.3 is 4.74 Å². The molecule has 5 rings (SSSR count). The number of carbonyl (C=O) groups is 1. The molecule has 0 saturated carbocycles. The normalized spacial score (nSPS) is 10.8. The molecule has 0 bridgehead atoms. The lowest BCUT2D eigenvalue weighted by Crippen LogP contribution is -2.11. The van der Waals surface area contributed by atoms with Crippen molar-refractivity contribution in [3.63, 3.8) is 0 Å². The Morgan fingerprint density at radius 2 is 1.15 bits per heavy atom. The molecule has 2 nitrogen and oxygen atoms in total. The van der Waals surface area contributed by atoms with Crippen LogP contribution < -0.4 is 4.74 Å². The van der Waals surface area contributed by atoms with Crippen LogP contribution in [0.2, 0.25) is 10.0 Å². The summed E-state index contributed by atoms with van der Waals surface area (Å²) < 4.78 is 5.76. The summed E-state index contributed by atoms with van der Waals surface area (Å²) in [5.41, 5.74) is 4.07. The van der Waals surface area contributed by atoms with Gasteiger partial charge in [-0.15, -0.1) is 0 Å². The number of hydrogen-bond donors (Lipinski definition) is 0. The third kappa shape index (κ3) is 4.36. The summed E-state index contributed by atoms with van der Waals surface area (Å²) in [6, 6.07) is 34.1. The van der Waals surface area contributed by atoms with Gasteiger partial charge in [0.2, 0.25) is 0 Å². The molecule has 0 N–H and O–H groups in total. The summed E-state index contributed by atoms with van der Waals surface area (Å²) in [6.45, 7) is 0. The lowest BCUT2D eigenvalue weighted by molar-refractivity contribution is 0.0736. The third-order valence-electron chi connectivity index (χ3n) is 5.51. The van der Waals surface area contributed by atoms with Crippen molar-refractivity contribution in [1.29, 1.82) is 0 Å². The smallest absolute Gasteiger partial charge is 0.344 e. The first kappa shape index (κ1) is 21.3. The summed E-state index contributed by atoms with van der Waals surface area (Å²) in [5.74, 6) is 0.0675. The standard InChI is InChI=1S/C29H18Cl2O2/c30-21-14-10-19(11-15-21)26-18-27(29(32)33-23-6-2-1-3-7-23)28(20-12-16-22(31)17-13-20)25-9-5-4-8-24(25)26/h1-18H. The molecule has 0 aliphatic heterocycles. The molecule has 0 amide bonds. The number of carbonyl (C=O) groups excluding carboxylic acids is 1. The van der Waals surface area contributed by atoms with Gasteiger partial charge in [-0.3, -0.25) is 0 Å². The van der Waals surface area contributed by atoms with Crippen LogP contribution in [0, 0.1) is 0 Å². The van der Waals surface area contributed by atoms with Crippen molar-refractivity contribution in [3.8, 4) is 28.0 Å². The van der Waals surface area contributed by atoms with E-state index >= 15 is 0 Å². The molecular weight excluding hydrogens is 451 g/mol. The monoisotopic (exact) mass is 468 g/mol. The van der Waals surface area contributed by atoms with Crippen molar-refractivity contribution in [2.45, 2.75) is 0 Å². The number of benzene rings is 5. The molecule has 0 heterocycles. The molecule has 4 heteroatoms. The maximum atomic E-state index is 13.5. The average Bonchev–Trinajstić information content (AvgIpc) is 2.85. The highest BCUT2D eigenvalue weighted by atomic mass is 35.5. The number of hydrogen-bond acceptors (Lipinski definition) is 2. The van der Waals surface area contributed by atoms with Gasteiger partial charge in [-0.1, -0.05) is 89.9 Å². The number of esters is 1. The number of rotatable bonds is 4. The molecule has 0 unspecified atom stereocenters. The van der Waals surface area contributed by atoms with Gasteiger partial charge in [-0.05, 0) is 69.9 Å². The van der Waals surface area contributed by atoms with Crippen LogP contribution in [-0.4, -0.2) is 5.97 Å². The minimum atomic E-state index is -0.424. The van der Waals surface area contributed by atoms with E-state index in [9.17, 15) is 4.79 Å². The van der Waals surface area contributed by atoms with Crippen LogP contribution in [0.4, 0.5) is 0 Å². The molecule has 33 heavy (non-hydrogen) atoms. The highest BCUT2D eigenvalue weighted by Gasteiger charge is 2.21. The molecule has 0 aliphatic rings. The van der Waals surface area contributed by atoms with E-state index < -0.39 is 5.97 Å². The van der Waals surface area contributed by atoms with Crippen molar-refractivity contribution >= 4 is 39.9 Å². The molecule has 0 aromatic heterocycles. The Morgan fingerprint density at radius 3 is 1.79 bits per heavy atom. The SMILES string of the molecule is O=C(Oc1ccccc1)c1cc(-c2ccc(Cl)cc2)c2ccccc2c1-c1ccc(Cl)cc1. The van der Waals surface area contributed by atoms with E-state index in [-0.39, 0.29) is 0 Å². The van der Waals surface area contributed by atoms with E-state index in [1.165, 1.54) is 0 Å². The second-order valence-corrected chi connectivity index (χ2v) is 8.48. The molecule has 0 radical (unpaired) electrons. The Bertz CT molecular complexity index is 1440. The van der Waals surface area contributed by atoms with Crippen molar-refractivity contribution < 1.29 is 9.53 Å². The minimum absolute atomic E-state index is 0.424. The average molecular weight is 469 g/mol. The largest absolute Gasteiger partial charge is 0.423 e. The topological polar surface area (TPSA) is 26.3 Å². The first-order chi connectivity index (χ1) is 16.1. The molecule has 5 aromatic carbocycles. The molecular formula is C29H18Cl2O2. The number of para-hydroxylation sites is 1. The van der Waals surface area contributed by atoms with E-state index in [0.717, 1.165) is 33.0 Å².